The van der Waals surface area contributed by atoms with Crippen molar-refractivity contribution in [2.45, 2.75) is 49.5 Å². The molecule has 0 saturated carbocycles. The molecule has 1 aliphatic carbocycles. The van der Waals surface area contributed by atoms with Gasteiger partial charge in [-0.2, -0.15) is 4.72 Å². The molecule has 8 heteroatoms. The molecule has 42 heavy (non-hydrogen) atoms. The highest BCUT2D eigenvalue weighted by Crippen LogP contribution is 2.35. The number of hydrogen-bond acceptors (Lipinski definition) is 6. The fraction of sp³-hybridized carbons (Fsp3) is 0.265. The highest BCUT2D eigenvalue weighted by Gasteiger charge is 2.40. The molecule has 0 aromatic heterocycles. The van der Waals surface area contributed by atoms with Gasteiger partial charge < -0.3 is 14.6 Å². The van der Waals surface area contributed by atoms with Crippen molar-refractivity contribution in [3.05, 3.63) is 137 Å². The monoisotopic (exact) mass is 585 g/mol. The lowest BCUT2D eigenvalue weighted by atomic mass is 9.94. The van der Waals surface area contributed by atoms with Crippen LogP contribution in [0.3, 0.4) is 0 Å². The maximum absolute atomic E-state index is 13.7. The van der Waals surface area contributed by atoms with Gasteiger partial charge in [0.15, 0.2) is 0 Å². The predicted octanol–water partition coefficient (Wildman–Crippen LogP) is 4.92. The third-order valence-corrected chi connectivity index (χ3v) is 8.99. The Morgan fingerprint density at radius 1 is 0.881 bits per heavy atom. The summed E-state index contributed by atoms with van der Waals surface area (Å²) in [6, 6.07) is 32.3. The second-order valence-electron chi connectivity index (χ2n) is 10.7. The average Bonchev–Trinajstić information content (AvgIpc) is 3.33. The summed E-state index contributed by atoms with van der Waals surface area (Å²) in [5, 5.41) is 11.2. The number of aryl methyl sites for hydroxylation is 1. The molecule has 0 spiro atoms. The Morgan fingerprint density at radius 2 is 1.50 bits per heavy atom. The Bertz CT molecular complexity index is 1580. The quantitative estimate of drug-likeness (QED) is 0.229. The Morgan fingerprint density at radius 3 is 2.19 bits per heavy atom. The van der Waals surface area contributed by atoms with Crippen molar-refractivity contribution in [1.29, 1.82) is 0 Å². The van der Waals surface area contributed by atoms with Crippen LogP contribution in [0.4, 0.5) is 0 Å². The van der Waals surface area contributed by atoms with E-state index in [9.17, 15) is 18.3 Å². The summed E-state index contributed by atoms with van der Waals surface area (Å²) < 4.78 is 41.3. The molecule has 1 aliphatic rings. The van der Waals surface area contributed by atoms with Gasteiger partial charge in [0.25, 0.3) is 0 Å². The minimum atomic E-state index is -3.91. The number of hydrogen-bond donors (Lipinski definition) is 2. The average molecular weight is 586 g/mol. The van der Waals surface area contributed by atoms with Gasteiger partial charge in [0.05, 0.1) is 36.2 Å². The number of sulfonamides is 1. The van der Waals surface area contributed by atoms with Gasteiger partial charge in [-0.25, -0.2) is 8.42 Å². The first-order valence-electron chi connectivity index (χ1n) is 14.0. The van der Waals surface area contributed by atoms with E-state index in [0.717, 1.165) is 27.8 Å². The summed E-state index contributed by atoms with van der Waals surface area (Å²) >= 11 is 0. The van der Waals surface area contributed by atoms with E-state index in [1.807, 2.05) is 91.9 Å². The molecule has 0 amide bonds. The number of ether oxygens (including phenoxy) is 2. The zero-order chi connectivity index (χ0) is 29.5. The second-order valence-corrected chi connectivity index (χ2v) is 12.4. The third kappa shape index (κ3) is 7.33. The molecule has 2 N–H and O–H groups in total. The summed E-state index contributed by atoms with van der Waals surface area (Å²) in [6.07, 6.45) is -1.32. The molecule has 4 atom stereocenters. The van der Waals surface area contributed by atoms with E-state index in [2.05, 4.69) is 4.72 Å². The molecule has 0 radical (unpaired) electrons. The number of rotatable bonds is 12. The summed E-state index contributed by atoms with van der Waals surface area (Å²) in [5.74, 6) is -1.52. The lowest BCUT2D eigenvalue weighted by Gasteiger charge is -2.27. The summed E-state index contributed by atoms with van der Waals surface area (Å²) in [7, 11) is -3.91. The first-order chi connectivity index (χ1) is 20.3. The fourth-order valence-electron chi connectivity index (χ4n) is 5.23. The lowest BCUT2D eigenvalue weighted by molar-refractivity contribution is -0.160. The van der Waals surface area contributed by atoms with Crippen molar-refractivity contribution in [3.8, 4) is 0 Å². The zero-order valence-electron chi connectivity index (χ0n) is 23.4. The molecular weight excluding hydrogens is 550 g/mol. The van der Waals surface area contributed by atoms with Crippen molar-refractivity contribution < 1.29 is 27.8 Å². The molecule has 0 aliphatic heterocycles. The zero-order valence-corrected chi connectivity index (χ0v) is 24.2. The fourth-order valence-corrected chi connectivity index (χ4v) is 6.47. The van der Waals surface area contributed by atoms with E-state index < -0.39 is 40.2 Å². The molecular formula is C34H35NO6S. The number of carbonyl (C=O) groups excluding carboxylic acids is 1. The first kappa shape index (κ1) is 29.7. The maximum atomic E-state index is 13.7. The molecule has 4 aromatic rings. The van der Waals surface area contributed by atoms with Gasteiger partial charge in [0.2, 0.25) is 10.0 Å². The highest BCUT2D eigenvalue weighted by atomic mass is 32.2. The minimum Gasteiger partial charge on any atom is -0.460 e. The van der Waals surface area contributed by atoms with Crippen LogP contribution >= 0.6 is 0 Å². The van der Waals surface area contributed by atoms with Crippen LogP contribution in [0.2, 0.25) is 0 Å². The third-order valence-electron chi connectivity index (χ3n) is 7.53. The number of carbonyl (C=O) groups is 1. The number of aliphatic hydroxyl groups is 1. The van der Waals surface area contributed by atoms with Crippen LogP contribution in [0.15, 0.2) is 114 Å². The van der Waals surface area contributed by atoms with Crippen molar-refractivity contribution in [2.24, 2.45) is 5.92 Å². The first-order valence-corrected chi connectivity index (χ1v) is 15.5. The van der Waals surface area contributed by atoms with Gasteiger partial charge in [0.1, 0.15) is 6.10 Å². The highest BCUT2D eigenvalue weighted by molar-refractivity contribution is 7.89. The van der Waals surface area contributed by atoms with E-state index in [1.54, 1.807) is 24.3 Å². The van der Waals surface area contributed by atoms with E-state index in [1.165, 1.54) is 0 Å². The van der Waals surface area contributed by atoms with E-state index >= 15 is 0 Å². The van der Waals surface area contributed by atoms with Gasteiger partial charge in [0, 0.05) is 6.42 Å². The Kier molecular flexibility index (Phi) is 9.49. The number of nitrogens with one attached hydrogen (secondary N) is 1. The van der Waals surface area contributed by atoms with Crippen molar-refractivity contribution in [3.63, 3.8) is 0 Å². The van der Waals surface area contributed by atoms with Crippen molar-refractivity contribution in [2.75, 3.05) is 6.61 Å². The topological polar surface area (TPSA) is 102 Å². The van der Waals surface area contributed by atoms with Gasteiger partial charge in [-0.05, 0) is 47.7 Å². The van der Waals surface area contributed by atoms with Crippen LogP contribution in [-0.4, -0.2) is 38.3 Å². The van der Waals surface area contributed by atoms with Crippen molar-refractivity contribution in [1.82, 2.24) is 4.72 Å². The maximum Gasteiger partial charge on any atom is 0.312 e. The summed E-state index contributed by atoms with van der Waals surface area (Å²) in [6.45, 7) is 2.13. The van der Waals surface area contributed by atoms with Crippen LogP contribution in [0, 0.1) is 12.8 Å². The summed E-state index contributed by atoms with van der Waals surface area (Å²) in [4.78, 5) is 13.9. The Balaban J connectivity index is 1.34. The van der Waals surface area contributed by atoms with Gasteiger partial charge in [-0.1, -0.05) is 103 Å². The largest absolute Gasteiger partial charge is 0.460 e. The number of fused-ring (bicyclic) bond motifs is 1. The molecule has 0 bridgehead atoms. The molecule has 0 fully saturated rings. The smallest absolute Gasteiger partial charge is 0.312 e. The summed E-state index contributed by atoms with van der Waals surface area (Å²) in [5.41, 5.74) is 4.44. The van der Waals surface area contributed by atoms with E-state index in [-0.39, 0.29) is 17.9 Å². The molecule has 218 valence electrons. The van der Waals surface area contributed by atoms with Crippen LogP contribution in [-0.2, 0) is 43.7 Å². The molecule has 0 heterocycles. The molecule has 4 aromatic carbocycles. The predicted molar refractivity (Wildman–Crippen MR) is 160 cm³/mol. The van der Waals surface area contributed by atoms with Crippen LogP contribution < -0.4 is 4.72 Å². The number of esters is 1. The van der Waals surface area contributed by atoms with Gasteiger partial charge >= 0.3 is 5.97 Å². The van der Waals surface area contributed by atoms with Crippen LogP contribution in [0.5, 0.6) is 0 Å². The SMILES string of the molecule is Cc1ccc(S(=O)(=O)N[C@H]2c3ccccc3C[C@H]2OC(=O)[C@@H](Cc2ccccc2)[C@@H](O)COCc2ccccc2)cc1. The minimum absolute atomic E-state index is 0.0597. The number of aliphatic hydroxyl groups excluding tert-OH is 1. The standard InChI is InChI=1S/C34H35NO6S/c1-24-16-18-28(19-17-24)42(38,39)35-33-29-15-9-8-14-27(29)21-32(33)41-34(37)30(20-25-10-4-2-5-11-25)31(36)23-40-22-26-12-6-3-7-13-26/h2-19,30-33,35-36H,20-23H2,1H3/t30-,31-,32+,33-/m0/s1. The molecule has 0 saturated heterocycles. The van der Waals surface area contributed by atoms with Gasteiger partial charge in [-0.3, -0.25) is 4.79 Å². The Hall–Kier alpha value is -3.82. The second kappa shape index (κ2) is 13.4. The van der Waals surface area contributed by atoms with Crippen LogP contribution in [0.1, 0.15) is 33.9 Å². The number of benzene rings is 4. The van der Waals surface area contributed by atoms with E-state index in [0.29, 0.717) is 13.0 Å². The Labute approximate surface area is 247 Å². The normalized spacial score (nSPS) is 17.8. The molecule has 7 nitrogen and oxygen atoms in total. The molecule has 5 rings (SSSR count). The van der Waals surface area contributed by atoms with Gasteiger partial charge in [-0.15, -0.1) is 0 Å². The molecule has 0 unspecified atom stereocenters. The van der Waals surface area contributed by atoms with Crippen molar-refractivity contribution >= 4 is 16.0 Å². The lowest BCUT2D eigenvalue weighted by Crippen LogP contribution is -2.40. The van der Waals surface area contributed by atoms with E-state index in [4.69, 9.17) is 9.47 Å². The van der Waals surface area contributed by atoms with Crippen LogP contribution in [0.25, 0.3) is 0 Å².